The summed E-state index contributed by atoms with van der Waals surface area (Å²) in [6, 6.07) is 21.1. The van der Waals surface area contributed by atoms with Crippen LogP contribution in [0.2, 0.25) is 0 Å². The van der Waals surface area contributed by atoms with Crippen molar-refractivity contribution in [2.45, 2.75) is 19.0 Å². The van der Waals surface area contributed by atoms with Gasteiger partial charge in [0.05, 0.1) is 6.54 Å². The van der Waals surface area contributed by atoms with E-state index in [0.717, 1.165) is 36.7 Å². The Morgan fingerprint density at radius 3 is 2.58 bits per heavy atom. The fraction of sp³-hybridized carbons (Fsp3) is 0.263. The van der Waals surface area contributed by atoms with Crippen LogP contribution in [-0.2, 0) is 6.54 Å². The predicted octanol–water partition coefficient (Wildman–Crippen LogP) is 2.84. The molecular formula is C19H21N5. The van der Waals surface area contributed by atoms with Crippen molar-refractivity contribution in [3.63, 3.8) is 0 Å². The van der Waals surface area contributed by atoms with E-state index < -0.39 is 0 Å². The third-order valence-electron chi connectivity index (χ3n) is 4.43. The van der Waals surface area contributed by atoms with Crippen LogP contribution in [0.5, 0.6) is 0 Å². The number of hydrogen-bond acceptors (Lipinski definition) is 4. The molecule has 1 aliphatic heterocycles. The molecule has 1 aliphatic rings. The molecule has 2 N–H and O–H groups in total. The number of H-pyrrole nitrogens is 1. The third kappa shape index (κ3) is 3.31. The highest BCUT2D eigenvalue weighted by molar-refractivity contribution is 5.53. The molecule has 1 saturated heterocycles. The van der Waals surface area contributed by atoms with Crippen molar-refractivity contribution in [2.24, 2.45) is 0 Å². The molecule has 2 aromatic carbocycles. The zero-order valence-electron chi connectivity index (χ0n) is 13.5. The molecule has 5 nitrogen and oxygen atoms in total. The Bertz CT molecular complexity index is 769. The van der Waals surface area contributed by atoms with E-state index in [4.69, 9.17) is 0 Å². The lowest BCUT2D eigenvalue weighted by molar-refractivity contribution is 0.539. The summed E-state index contributed by atoms with van der Waals surface area (Å²) in [5, 5.41) is 10.9. The van der Waals surface area contributed by atoms with Crippen molar-refractivity contribution in [1.82, 2.24) is 20.5 Å². The number of aromatic amines is 1. The highest BCUT2D eigenvalue weighted by Crippen LogP contribution is 2.20. The molecule has 0 saturated carbocycles. The minimum atomic E-state index is 0.482. The van der Waals surface area contributed by atoms with Crippen LogP contribution in [0.1, 0.15) is 12.2 Å². The van der Waals surface area contributed by atoms with Crippen molar-refractivity contribution in [3.05, 3.63) is 66.5 Å². The van der Waals surface area contributed by atoms with Gasteiger partial charge in [0, 0.05) is 30.4 Å². The van der Waals surface area contributed by atoms with Crippen molar-refractivity contribution in [2.75, 3.05) is 18.0 Å². The molecule has 1 aromatic heterocycles. The molecule has 1 fully saturated rings. The smallest absolute Gasteiger partial charge is 0.181 e. The minimum absolute atomic E-state index is 0.482. The summed E-state index contributed by atoms with van der Waals surface area (Å²) in [6.45, 7) is 2.84. The topological polar surface area (TPSA) is 56.8 Å². The fourth-order valence-electron chi connectivity index (χ4n) is 3.13. The Balaban J connectivity index is 1.33. The second-order valence-corrected chi connectivity index (χ2v) is 6.12. The summed E-state index contributed by atoms with van der Waals surface area (Å²) in [5.74, 6) is 1.64. The van der Waals surface area contributed by atoms with Crippen LogP contribution in [0.4, 0.5) is 5.69 Å². The van der Waals surface area contributed by atoms with Crippen LogP contribution in [0, 0.1) is 0 Å². The molecular weight excluding hydrogens is 298 g/mol. The lowest BCUT2D eigenvalue weighted by Gasteiger charge is -2.18. The Kier molecular flexibility index (Phi) is 4.25. The maximum absolute atomic E-state index is 4.58. The summed E-state index contributed by atoms with van der Waals surface area (Å²) in [4.78, 5) is 7.00. The van der Waals surface area contributed by atoms with Gasteiger partial charge in [-0.3, -0.25) is 5.10 Å². The van der Waals surface area contributed by atoms with Crippen LogP contribution in [0.3, 0.4) is 0 Å². The van der Waals surface area contributed by atoms with Gasteiger partial charge < -0.3 is 10.2 Å². The molecule has 122 valence electrons. The van der Waals surface area contributed by atoms with Crippen LogP contribution in [0.15, 0.2) is 60.7 Å². The van der Waals surface area contributed by atoms with E-state index in [1.807, 2.05) is 30.3 Å². The van der Waals surface area contributed by atoms with Crippen molar-refractivity contribution >= 4 is 5.69 Å². The highest BCUT2D eigenvalue weighted by Gasteiger charge is 2.22. The minimum Gasteiger partial charge on any atom is -0.370 e. The number of benzene rings is 2. The number of para-hydroxylation sites is 1. The van der Waals surface area contributed by atoms with Crippen molar-refractivity contribution in [3.8, 4) is 11.4 Å². The third-order valence-corrected chi connectivity index (χ3v) is 4.43. The fourth-order valence-corrected chi connectivity index (χ4v) is 3.13. The quantitative estimate of drug-likeness (QED) is 0.759. The molecule has 2 heterocycles. The molecule has 1 atom stereocenters. The SMILES string of the molecule is c1ccc(-c2n[nH]c(CNC3CCN(c4ccccc4)C3)n2)cc1. The molecule has 4 rings (SSSR count). The lowest BCUT2D eigenvalue weighted by atomic mass is 10.2. The van der Waals surface area contributed by atoms with Crippen LogP contribution in [0.25, 0.3) is 11.4 Å². The van der Waals surface area contributed by atoms with Gasteiger partial charge in [-0.1, -0.05) is 48.5 Å². The molecule has 0 aliphatic carbocycles. The van der Waals surface area contributed by atoms with E-state index >= 15 is 0 Å². The average Bonchev–Trinajstić information content (AvgIpc) is 3.31. The first-order chi connectivity index (χ1) is 11.9. The summed E-state index contributed by atoms with van der Waals surface area (Å²) in [6.07, 6.45) is 1.15. The van der Waals surface area contributed by atoms with E-state index in [0.29, 0.717) is 12.6 Å². The van der Waals surface area contributed by atoms with Gasteiger partial charge >= 0.3 is 0 Å². The molecule has 1 unspecified atom stereocenters. The number of nitrogens with zero attached hydrogens (tertiary/aromatic N) is 3. The number of nitrogens with one attached hydrogen (secondary N) is 2. The van der Waals surface area contributed by atoms with Crippen molar-refractivity contribution in [1.29, 1.82) is 0 Å². The standard InChI is InChI=1S/C19H21N5/c1-3-7-15(8-4-1)19-21-18(22-23-19)13-20-16-11-12-24(14-16)17-9-5-2-6-10-17/h1-10,16,20H,11-14H2,(H,21,22,23). The number of hydrogen-bond donors (Lipinski definition) is 2. The number of anilines is 1. The van der Waals surface area contributed by atoms with Crippen LogP contribution >= 0.6 is 0 Å². The second kappa shape index (κ2) is 6.84. The zero-order chi connectivity index (χ0) is 16.2. The van der Waals surface area contributed by atoms with E-state index in [2.05, 4.69) is 55.7 Å². The first kappa shape index (κ1) is 14.9. The largest absolute Gasteiger partial charge is 0.370 e. The van der Waals surface area contributed by atoms with Crippen LogP contribution in [-0.4, -0.2) is 34.3 Å². The Morgan fingerprint density at radius 2 is 1.79 bits per heavy atom. The monoisotopic (exact) mass is 319 g/mol. The van der Waals surface area contributed by atoms with Crippen LogP contribution < -0.4 is 10.2 Å². The van der Waals surface area contributed by atoms with E-state index in [1.54, 1.807) is 0 Å². The summed E-state index contributed by atoms with van der Waals surface area (Å²) < 4.78 is 0. The maximum Gasteiger partial charge on any atom is 0.181 e. The van der Waals surface area contributed by atoms with Gasteiger partial charge in [-0.2, -0.15) is 5.10 Å². The number of aromatic nitrogens is 3. The molecule has 5 heteroatoms. The van der Waals surface area contributed by atoms with E-state index in [9.17, 15) is 0 Å². The first-order valence-electron chi connectivity index (χ1n) is 8.38. The average molecular weight is 319 g/mol. The van der Waals surface area contributed by atoms with Gasteiger partial charge in [0.25, 0.3) is 0 Å². The molecule has 0 amide bonds. The Morgan fingerprint density at radius 1 is 1.04 bits per heavy atom. The summed E-state index contributed by atoms with van der Waals surface area (Å²) >= 11 is 0. The maximum atomic E-state index is 4.58. The normalized spacial score (nSPS) is 17.3. The molecule has 3 aromatic rings. The van der Waals surface area contributed by atoms with Gasteiger partial charge in [-0.05, 0) is 18.6 Å². The molecule has 24 heavy (non-hydrogen) atoms. The summed E-state index contributed by atoms with van der Waals surface area (Å²) in [7, 11) is 0. The lowest BCUT2D eigenvalue weighted by Crippen LogP contribution is -2.32. The molecule has 0 radical (unpaired) electrons. The van der Waals surface area contributed by atoms with Gasteiger partial charge in [-0.25, -0.2) is 4.98 Å². The number of rotatable bonds is 5. The van der Waals surface area contributed by atoms with Gasteiger partial charge in [-0.15, -0.1) is 0 Å². The Hall–Kier alpha value is -2.66. The summed E-state index contributed by atoms with van der Waals surface area (Å²) in [5.41, 5.74) is 2.34. The van der Waals surface area contributed by atoms with E-state index in [-0.39, 0.29) is 0 Å². The van der Waals surface area contributed by atoms with Gasteiger partial charge in [0.15, 0.2) is 5.82 Å². The van der Waals surface area contributed by atoms with Gasteiger partial charge in [0.2, 0.25) is 0 Å². The van der Waals surface area contributed by atoms with E-state index in [1.165, 1.54) is 5.69 Å². The second-order valence-electron chi connectivity index (χ2n) is 6.12. The van der Waals surface area contributed by atoms with Crippen molar-refractivity contribution < 1.29 is 0 Å². The van der Waals surface area contributed by atoms with Gasteiger partial charge in [0.1, 0.15) is 5.82 Å². The zero-order valence-corrected chi connectivity index (χ0v) is 13.5. The first-order valence-corrected chi connectivity index (χ1v) is 8.38. The molecule has 0 spiro atoms. The molecule has 0 bridgehead atoms. The predicted molar refractivity (Wildman–Crippen MR) is 95.7 cm³/mol. The highest BCUT2D eigenvalue weighted by atomic mass is 15.2. The Labute approximate surface area is 141 Å².